The minimum atomic E-state index is 0.400. The lowest BCUT2D eigenvalue weighted by Crippen LogP contribution is -2.20. The van der Waals surface area contributed by atoms with Crippen molar-refractivity contribution in [2.75, 3.05) is 0 Å². The topological polar surface area (TPSA) is 12.0 Å². The summed E-state index contributed by atoms with van der Waals surface area (Å²) >= 11 is 3.54. The Morgan fingerprint density at radius 3 is 2.58 bits per heavy atom. The lowest BCUT2D eigenvalue weighted by molar-refractivity contribution is 0.518. The van der Waals surface area contributed by atoms with Crippen molar-refractivity contribution in [2.45, 2.75) is 32.9 Å². The van der Waals surface area contributed by atoms with Crippen LogP contribution in [-0.4, -0.2) is 0 Å². The van der Waals surface area contributed by atoms with Crippen molar-refractivity contribution in [3.05, 3.63) is 69.7 Å². The van der Waals surface area contributed by atoms with Gasteiger partial charge in [-0.05, 0) is 42.2 Å². The molecule has 2 aromatic rings. The first-order chi connectivity index (χ1) is 9.20. The van der Waals surface area contributed by atoms with Gasteiger partial charge in [-0.1, -0.05) is 59.3 Å². The Balaban J connectivity index is 2.06. The van der Waals surface area contributed by atoms with E-state index in [1.54, 1.807) is 0 Å². The molecule has 0 spiro atoms. The lowest BCUT2D eigenvalue weighted by atomic mass is 10.0. The normalized spacial score (nSPS) is 12.4. The van der Waals surface area contributed by atoms with Crippen LogP contribution in [0, 0.1) is 6.92 Å². The van der Waals surface area contributed by atoms with Gasteiger partial charge >= 0.3 is 0 Å². The molecule has 2 aromatic carbocycles. The largest absolute Gasteiger partial charge is 0.306 e. The predicted molar refractivity (Wildman–Crippen MR) is 85.2 cm³/mol. The van der Waals surface area contributed by atoms with Gasteiger partial charge in [0.05, 0.1) is 0 Å². The number of hydrogen-bond acceptors (Lipinski definition) is 1. The molecule has 1 N–H and O–H groups in total. The highest BCUT2D eigenvalue weighted by Crippen LogP contribution is 2.21. The van der Waals surface area contributed by atoms with Gasteiger partial charge in [0.15, 0.2) is 0 Å². The van der Waals surface area contributed by atoms with Crippen LogP contribution in [0.15, 0.2) is 53.0 Å². The Kier molecular flexibility index (Phi) is 5.17. The zero-order valence-electron chi connectivity index (χ0n) is 11.5. The summed E-state index contributed by atoms with van der Waals surface area (Å²) in [6, 6.07) is 17.5. The van der Waals surface area contributed by atoms with E-state index in [1.165, 1.54) is 16.7 Å². The maximum absolute atomic E-state index is 3.65. The van der Waals surface area contributed by atoms with Crippen LogP contribution >= 0.6 is 15.9 Å². The number of rotatable bonds is 5. The van der Waals surface area contributed by atoms with Gasteiger partial charge in [0.2, 0.25) is 0 Å². The van der Waals surface area contributed by atoms with Gasteiger partial charge in [-0.25, -0.2) is 0 Å². The first-order valence-electron chi connectivity index (χ1n) is 6.74. The molecule has 0 aliphatic heterocycles. The summed E-state index contributed by atoms with van der Waals surface area (Å²) in [6.45, 7) is 5.30. The smallest absolute Gasteiger partial charge is 0.0321 e. The van der Waals surface area contributed by atoms with Crippen molar-refractivity contribution in [1.82, 2.24) is 5.32 Å². The number of halogens is 1. The Morgan fingerprint density at radius 2 is 1.89 bits per heavy atom. The van der Waals surface area contributed by atoms with Crippen molar-refractivity contribution in [1.29, 1.82) is 0 Å². The fraction of sp³-hybridized carbons (Fsp3) is 0.294. The third-order valence-electron chi connectivity index (χ3n) is 3.46. The number of hydrogen-bond donors (Lipinski definition) is 1. The average Bonchev–Trinajstić information content (AvgIpc) is 2.41. The molecule has 0 aliphatic rings. The van der Waals surface area contributed by atoms with E-state index in [2.05, 4.69) is 83.6 Å². The second-order valence-electron chi connectivity index (χ2n) is 4.82. The molecule has 0 saturated carbocycles. The van der Waals surface area contributed by atoms with E-state index in [4.69, 9.17) is 0 Å². The molecular weight excluding hydrogens is 298 g/mol. The molecule has 0 aromatic heterocycles. The summed E-state index contributed by atoms with van der Waals surface area (Å²) in [6.07, 6.45) is 1.09. The van der Waals surface area contributed by atoms with E-state index in [0.29, 0.717) is 6.04 Å². The minimum absolute atomic E-state index is 0.400. The van der Waals surface area contributed by atoms with Crippen LogP contribution in [0.25, 0.3) is 0 Å². The second kappa shape index (κ2) is 6.88. The number of nitrogens with one attached hydrogen (secondary N) is 1. The zero-order chi connectivity index (χ0) is 13.7. The van der Waals surface area contributed by atoms with Crippen molar-refractivity contribution in [3.63, 3.8) is 0 Å². The first kappa shape index (κ1) is 14.3. The van der Waals surface area contributed by atoms with E-state index < -0.39 is 0 Å². The summed E-state index contributed by atoms with van der Waals surface area (Å²) in [7, 11) is 0. The van der Waals surface area contributed by atoms with Crippen LogP contribution in [0.1, 0.15) is 36.1 Å². The van der Waals surface area contributed by atoms with Gasteiger partial charge in [0.25, 0.3) is 0 Å². The molecule has 100 valence electrons. The molecule has 1 nitrogen and oxygen atoms in total. The highest BCUT2D eigenvalue weighted by Gasteiger charge is 2.09. The van der Waals surface area contributed by atoms with Crippen LogP contribution in [0.3, 0.4) is 0 Å². The molecule has 0 saturated heterocycles. The molecule has 19 heavy (non-hydrogen) atoms. The zero-order valence-corrected chi connectivity index (χ0v) is 13.1. The van der Waals surface area contributed by atoms with Crippen molar-refractivity contribution < 1.29 is 0 Å². The number of aryl methyl sites for hydroxylation is 1. The third kappa shape index (κ3) is 3.92. The molecular formula is C17H20BrN. The molecule has 1 unspecified atom stereocenters. The third-order valence-corrected chi connectivity index (χ3v) is 3.95. The molecule has 2 heteroatoms. The van der Waals surface area contributed by atoms with E-state index >= 15 is 0 Å². The molecule has 1 atom stereocenters. The Hall–Kier alpha value is -1.12. The summed E-state index contributed by atoms with van der Waals surface area (Å²) in [4.78, 5) is 0. The van der Waals surface area contributed by atoms with Gasteiger partial charge < -0.3 is 5.32 Å². The van der Waals surface area contributed by atoms with Crippen LogP contribution < -0.4 is 5.32 Å². The minimum Gasteiger partial charge on any atom is -0.306 e. The highest BCUT2D eigenvalue weighted by atomic mass is 79.9. The Labute approximate surface area is 124 Å². The highest BCUT2D eigenvalue weighted by molar-refractivity contribution is 9.10. The summed E-state index contributed by atoms with van der Waals surface area (Å²) in [5, 5.41) is 3.65. The Morgan fingerprint density at radius 1 is 1.11 bits per heavy atom. The molecule has 0 amide bonds. The molecule has 0 aliphatic carbocycles. The standard InChI is InChI=1S/C17H20BrN/c1-3-17(14-9-6-10-16(18)11-14)19-12-15-8-5-4-7-13(15)2/h4-11,17,19H,3,12H2,1-2H3. The molecule has 2 rings (SSSR count). The van der Waals surface area contributed by atoms with E-state index in [-0.39, 0.29) is 0 Å². The maximum atomic E-state index is 3.65. The maximum Gasteiger partial charge on any atom is 0.0321 e. The fourth-order valence-corrected chi connectivity index (χ4v) is 2.68. The van der Waals surface area contributed by atoms with Gasteiger partial charge in [-0.2, -0.15) is 0 Å². The van der Waals surface area contributed by atoms with E-state index in [0.717, 1.165) is 17.4 Å². The quantitative estimate of drug-likeness (QED) is 0.818. The molecule has 0 bridgehead atoms. The lowest BCUT2D eigenvalue weighted by Gasteiger charge is -2.18. The first-order valence-corrected chi connectivity index (χ1v) is 7.53. The SMILES string of the molecule is CCC(NCc1ccccc1C)c1cccc(Br)c1. The fourth-order valence-electron chi connectivity index (χ4n) is 2.26. The molecule has 0 fully saturated rings. The van der Waals surface area contributed by atoms with Crippen LogP contribution in [-0.2, 0) is 6.54 Å². The van der Waals surface area contributed by atoms with Crippen molar-refractivity contribution >= 4 is 15.9 Å². The van der Waals surface area contributed by atoms with E-state index in [1.807, 2.05) is 0 Å². The van der Waals surface area contributed by atoms with E-state index in [9.17, 15) is 0 Å². The monoisotopic (exact) mass is 317 g/mol. The van der Waals surface area contributed by atoms with Crippen LogP contribution in [0.5, 0.6) is 0 Å². The summed E-state index contributed by atoms with van der Waals surface area (Å²) < 4.78 is 1.14. The Bertz CT molecular complexity index is 536. The predicted octanol–water partition coefficient (Wildman–Crippen LogP) is 5.00. The van der Waals surface area contributed by atoms with Crippen molar-refractivity contribution in [2.24, 2.45) is 0 Å². The second-order valence-corrected chi connectivity index (χ2v) is 5.74. The summed E-state index contributed by atoms with van der Waals surface area (Å²) in [5.41, 5.74) is 4.06. The average molecular weight is 318 g/mol. The number of benzene rings is 2. The summed E-state index contributed by atoms with van der Waals surface area (Å²) in [5.74, 6) is 0. The van der Waals surface area contributed by atoms with Crippen LogP contribution in [0.2, 0.25) is 0 Å². The van der Waals surface area contributed by atoms with Crippen molar-refractivity contribution in [3.8, 4) is 0 Å². The van der Waals surface area contributed by atoms with Gasteiger partial charge in [0, 0.05) is 17.1 Å². The van der Waals surface area contributed by atoms with Gasteiger partial charge in [-0.3, -0.25) is 0 Å². The van der Waals surface area contributed by atoms with Crippen LogP contribution in [0.4, 0.5) is 0 Å². The molecule has 0 heterocycles. The van der Waals surface area contributed by atoms with Gasteiger partial charge in [0.1, 0.15) is 0 Å². The van der Waals surface area contributed by atoms with Gasteiger partial charge in [-0.15, -0.1) is 0 Å². The molecule has 0 radical (unpaired) electrons.